The van der Waals surface area contributed by atoms with E-state index in [2.05, 4.69) is 35.7 Å². The molecule has 0 amide bonds. The molecular formula is C21H19N9O2. The largest absolute Gasteiger partial charge is 0.471 e. The zero-order chi connectivity index (χ0) is 21.9. The van der Waals surface area contributed by atoms with Gasteiger partial charge in [0.15, 0.2) is 0 Å². The summed E-state index contributed by atoms with van der Waals surface area (Å²) < 4.78 is 14.7. The van der Waals surface area contributed by atoms with Crippen LogP contribution in [0, 0.1) is 6.92 Å². The molecule has 0 N–H and O–H groups in total. The van der Waals surface area contributed by atoms with E-state index in [4.69, 9.17) is 9.26 Å². The van der Waals surface area contributed by atoms with E-state index in [-0.39, 0.29) is 6.61 Å². The number of ether oxygens (including phenoxy) is 1. The van der Waals surface area contributed by atoms with Gasteiger partial charge in [0.1, 0.15) is 12.9 Å². The van der Waals surface area contributed by atoms with Gasteiger partial charge in [0.2, 0.25) is 11.7 Å². The summed E-state index contributed by atoms with van der Waals surface area (Å²) in [6, 6.07) is 11.6. The van der Waals surface area contributed by atoms with Gasteiger partial charge in [0, 0.05) is 24.9 Å². The predicted molar refractivity (Wildman–Crippen MR) is 112 cm³/mol. The minimum Gasteiger partial charge on any atom is -0.471 e. The van der Waals surface area contributed by atoms with Crippen molar-refractivity contribution in [2.45, 2.75) is 20.1 Å². The number of hydrogen-bond acceptors (Lipinski definition) is 9. The summed E-state index contributed by atoms with van der Waals surface area (Å²) in [7, 11) is 1.84. The molecule has 0 fully saturated rings. The Balaban J connectivity index is 1.36. The summed E-state index contributed by atoms with van der Waals surface area (Å²) >= 11 is 0. The van der Waals surface area contributed by atoms with E-state index in [1.807, 2.05) is 50.4 Å². The average Bonchev–Trinajstić information content (AvgIpc) is 3.55. The first-order chi connectivity index (χ1) is 15.7. The number of aryl methyl sites for hydroxylation is 2. The quantitative estimate of drug-likeness (QED) is 0.384. The molecule has 0 saturated heterocycles. The van der Waals surface area contributed by atoms with Crippen LogP contribution in [0.25, 0.3) is 22.8 Å². The number of nitrogens with zero attached hydrogens (tertiary/aromatic N) is 9. The number of rotatable bonds is 7. The fourth-order valence-corrected chi connectivity index (χ4v) is 3.19. The van der Waals surface area contributed by atoms with Crippen molar-refractivity contribution < 1.29 is 9.26 Å². The molecule has 1 aromatic carbocycles. The van der Waals surface area contributed by atoms with Crippen LogP contribution in [0.15, 0.2) is 59.6 Å². The normalized spacial score (nSPS) is 11.1. The maximum Gasteiger partial charge on any atom is 0.261 e. The van der Waals surface area contributed by atoms with Crippen LogP contribution in [0.2, 0.25) is 0 Å². The van der Waals surface area contributed by atoms with Crippen LogP contribution in [-0.2, 0) is 20.2 Å². The molecule has 0 spiro atoms. The van der Waals surface area contributed by atoms with E-state index >= 15 is 0 Å². The molecule has 5 rings (SSSR count). The SMILES string of the molecule is Cc1ccc(OCc2c(-c3nc(-c4cccc(Cn5cnnn5)c4)no3)cnn2C)nc1. The molecule has 0 aliphatic rings. The zero-order valence-electron chi connectivity index (χ0n) is 17.5. The number of pyridine rings is 1. The topological polar surface area (TPSA) is 122 Å². The molecule has 5 aromatic rings. The minimum atomic E-state index is 0.265. The van der Waals surface area contributed by atoms with Gasteiger partial charge in [-0.05, 0) is 34.5 Å². The summed E-state index contributed by atoms with van der Waals surface area (Å²) in [4.78, 5) is 8.85. The number of benzene rings is 1. The monoisotopic (exact) mass is 429 g/mol. The third-order valence-corrected chi connectivity index (χ3v) is 4.88. The van der Waals surface area contributed by atoms with Gasteiger partial charge in [0.25, 0.3) is 5.89 Å². The molecule has 0 atom stereocenters. The minimum absolute atomic E-state index is 0.265. The van der Waals surface area contributed by atoms with Crippen molar-refractivity contribution in [2.24, 2.45) is 7.05 Å². The first-order valence-electron chi connectivity index (χ1n) is 9.86. The second-order valence-corrected chi connectivity index (χ2v) is 7.22. The lowest BCUT2D eigenvalue weighted by molar-refractivity contribution is 0.283. The first kappa shape index (κ1) is 19.5. The highest BCUT2D eigenvalue weighted by Crippen LogP contribution is 2.26. The Bertz CT molecular complexity index is 1320. The molecule has 4 aromatic heterocycles. The molecular weight excluding hydrogens is 410 g/mol. The van der Waals surface area contributed by atoms with E-state index < -0.39 is 0 Å². The van der Waals surface area contributed by atoms with Crippen LogP contribution in [0.5, 0.6) is 5.88 Å². The van der Waals surface area contributed by atoms with Crippen molar-refractivity contribution in [3.8, 4) is 28.7 Å². The highest BCUT2D eigenvalue weighted by molar-refractivity contribution is 5.61. The highest BCUT2D eigenvalue weighted by Gasteiger charge is 2.18. The van der Waals surface area contributed by atoms with Gasteiger partial charge in [-0.2, -0.15) is 10.1 Å². The average molecular weight is 429 g/mol. The van der Waals surface area contributed by atoms with Crippen LogP contribution < -0.4 is 4.74 Å². The van der Waals surface area contributed by atoms with Crippen molar-refractivity contribution in [1.82, 2.24) is 45.1 Å². The zero-order valence-corrected chi connectivity index (χ0v) is 17.5. The Morgan fingerprint density at radius 2 is 2.06 bits per heavy atom. The summed E-state index contributed by atoms with van der Waals surface area (Å²) in [5.74, 6) is 1.39. The second-order valence-electron chi connectivity index (χ2n) is 7.22. The molecule has 0 aliphatic heterocycles. The summed E-state index contributed by atoms with van der Waals surface area (Å²) in [5, 5.41) is 19.7. The second kappa shape index (κ2) is 8.38. The van der Waals surface area contributed by atoms with Crippen molar-refractivity contribution in [2.75, 3.05) is 0 Å². The van der Waals surface area contributed by atoms with Gasteiger partial charge < -0.3 is 9.26 Å². The predicted octanol–water partition coefficient (Wildman–Crippen LogP) is 2.45. The van der Waals surface area contributed by atoms with E-state index in [9.17, 15) is 0 Å². The third kappa shape index (κ3) is 4.08. The molecule has 160 valence electrons. The van der Waals surface area contributed by atoms with Gasteiger partial charge in [-0.1, -0.05) is 29.4 Å². The van der Waals surface area contributed by atoms with Gasteiger partial charge in [-0.15, -0.1) is 5.10 Å². The smallest absolute Gasteiger partial charge is 0.261 e. The van der Waals surface area contributed by atoms with Gasteiger partial charge in [0.05, 0.1) is 24.0 Å². The lowest BCUT2D eigenvalue weighted by Crippen LogP contribution is -2.05. The van der Waals surface area contributed by atoms with Crippen molar-refractivity contribution in [1.29, 1.82) is 0 Å². The van der Waals surface area contributed by atoms with Crippen molar-refractivity contribution >= 4 is 0 Å². The van der Waals surface area contributed by atoms with Crippen molar-refractivity contribution in [3.05, 3.63) is 71.9 Å². The van der Waals surface area contributed by atoms with Crippen LogP contribution >= 0.6 is 0 Å². The Morgan fingerprint density at radius 1 is 1.12 bits per heavy atom. The summed E-state index contributed by atoms with van der Waals surface area (Å²) in [6.45, 7) is 2.79. The van der Waals surface area contributed by atoms with Crippen LogP contribution in [0.3, 0.4) is 0 Å². The maximum atomic E-state index is 5.83. The molecule has 0 bridgehead atoms. The molecule has 4 heterocycles. The molecule has 32 heavy (non-hydrogen) atoms. The van der Waals surface area contributed by atoms with E-state index in [0.717, 1.165) is 22.4 Å². The van der Waals surface area contributed by atoms with Crippen molar-refractivity contribution in [3.63, 3.8) is 0 Å². The Labute approximate surface area is 182 Å². The van der Waals surface area contributed by atoms with E-state index in [1.54, 1.807) is 28.1 Å². The lowest BCUT2D eigenvalue weighted by Gasteiger charge is -2.07. The lowest BCUT2D eigenvalue weighted by atomic mass is 10.1. The summed E-state index contributed by atoms with van der Waals surface area (Å²) in [5.41, 5.74) is 4.43. The number of hydrogen-bond donors (Lipinski definition) is 0. The molecule has 11 nitrogen and oxygen atoms in total. The first-order valence-corrected chi connectivity index (χ1v) is 9.86. The van der Waals surface area contributed by atoms with Crippen LogP contribution in [0.1, 0.15) is 16.8 Å². The van der Waals surface area contributed by atoms with Crippen LogP contribution in [0.4, 0.5) is 0 Å². The van der Waals surface area contributed by atoms with Gasteiger partial charge >= 0.3 is 0 Å². The standard InChI is InChI=1S/C21H19N9O2/c1-14-6-7-19(22-9-14)31-12-18-17(10-24-29(18)2)21-25-20(26-32-21)16-5-3-4-15(8-16)11-30-13-23-27-28-30/h3-10,13H,11-12H2,1-2H3. The molecule has 0 saturated carbocycles. The third-order valence-electron chi connectivity index (χ3n) is 4.88. The molecule has 0 unspecified atom stereocenters. The van der Waals surface area contributed by atoms with E-state index in [1.165, 1.54) is 0 Å². The number of tetrazole rings is 1. The van der Waals surface area contributed by atoms with Gasteiger partial charge in [-0.25, -0.2) is 9.67 Å². The number of aromatic nitrogens is 9. The highest BCUT2D eigenvalue weighted by atomic mass is 16.5. The maximum absolute atomic E-state index is 5.83. The fourth-order valence-electron chi connectivity index (χ4n) is 3.19. The van der Waals surface area contributed by atoms with E-state index in [0.29, 0.717) is 29.7 Å². The van der Waals surface area contributed by atoms with Crippen LogP contribution in [-0.4, -0.2) is 45.1 Å². The Hall–Kier alpha value is -4.41. The molecule has 11 heteroatoms. The fraction of sp³-hybridized carbons (Fsp3) is 0.190. The molecule has 0 aliphatic carbocycles. The Kier molecular flexibility index (Phi) is 5.12. The Morgan fingerprint density at radius 3 is 2.88 bits per heavy atom. The molecule has 0 radical (unpaired) electrons. The van der Waals surface area contributed by atoms with Gasteiger partial charge in [-0.3, -0.25) is 4.68 Å². The summed E-state index contributed by atoms with van der Waals surface area (Å²) in [6.07, 6.45) is 5.02.